The van der Waals surface area contributed by atoms with Crippen molar-refractivity contribution in [1.29, 1.82) is 0 Å². The van der Waals surface area contributed by atoms with Crippen LogP contribution in [0.3, 0.4) is 0 Å². The molecule has 8 nitrogen and oxygen atoms in total. The van der Waals surface area contributed by atoms with Crippen molar-refractivity contribution in [3.63, 3.8) is 0 Å². The lowest BCUT2D eigenvalue weighted by molar-refractivity contribution is -0.857. The van der Waals surface area contributed by atoms with Gasteiger partial charge in [-0.15, -0.1) is 0 Å². The first-order valence-electron chi connectivity index (χ1n) is 9.94. The van der Waals surface area contributed by atoms with Crippen molar-refractivity contribution in [2.45, 2.75) is 6.04 Å². The predicted molar refractivity (Wildman–Crippen MR) is 110 cm³/mol. The lowest BCUT2D eigenvalue weighted by Crippen LogP contribution is -3.06. The van der Waals surface area contributed by atoms with Crippen LogP contribution in [-0.2, 0) is 4.79 Å². The molecule has 1 aliphatic rings. The van der Waals surface area contributed by atoms with Crippen molar-refractivity contribution < 1.29 is 28.7 Å². The van der Waals surface area contributed by atoms with E-state index in [0.717, 1.165) is 4.90 Å². The van der Waals surface area contributed by atoms with Gasteiger partial charge in [-0.2, -0.15) is 0 Å². The van der Waals surface area contributed by atoms with E-state index in [0.29, 0.717) is 35.4 Å². The number of nitrogens with zero attached hydrogens (tertiary/aromatic N) is 2. The highest BCUT2D eigenvalue weighted by Crippen LogP contribution is 2.39. The molecule has 2 aromatic heterocycles. The molecule has 1 unspecified atom stereocenters. The summed E-state index contributed by atoms with van der Waals surface area (Å²) in [5, 5.41) is 13.6. The largest absolute Gasteiger partial charge is 0.868 e. The number of hydrogen-bond acceptors (Lipinski definition) is 6. The highest BCUT2D eigenvalue weighted by Gasteiger charge is 2.40. The van der Waals surface area contributed by atoms with Gasteiger partial charge in [0.25, 0.3) is 0 Å². The van der Waals surface area contributed by atoms with Gasteiger partial charge >= 0.3 is 0 Å². The molecule has 8 heteroatoms. The second-order valence-electron chi connectivity index (χ2n) is 7.71. The molecule has 3 heterocycles. The van der Waals surface area contributed by atoms with Gasteiger partial charge in [-0.05, 0) is 29.5 Å². The molecule has 0 aliphatic carbocycles. The normalized spacial score (nSPS) is 16.6. The molecule has 1 amide bonds. The van der Waals surface area contributed by atoms with Gasteiger partial charge < -0.3 is 24.1 Å². The van der Waals surface area contributed by atoms with E-state index in [4.69, 9.17) is 9.15 Å². The van der Waals surface area contributed by atoms with Crippen molar-refractivity contribution in [2.75, 3.05) is 34.3 Å². The maximum absolute atomic E-state index is 13.4. The molecule has 1 aromatic carbocycles. The van der Waals surface area contributed by atoms with Crippen molar-refractivity contribution in [2.24, 2.45) is 0 Å². The number of furan rings is 1. The number of methoxy groups -OCH3 is 1. The molecular weight excluding hydrogens is 398 g/mol. The number of amides is 1. The first-order chi connectivity index (χ1) is 14.9. The molecule has 1 atom stereocenters. The number of likely N-dealkylation sites (N-methyl/N-ethyl adjacent to an activating group) is 1. The first-order valence-corrected chi connectivity index (χ1v) is 9.94. The summed E-state index contributed by atoms with van der Waals surface area (Å²) in [7, 11) is 5.42. The zero-order valence-electron chi connectivity index (χ0n) is 17.5. The molecule has 4 rings (SSSR count). The third-order valence-electron chi connectivity index (χ3n) is 5.33. The molecule has 0 saturated heterocycles. The van der Waals surface area contributed by atoms with Crippen LogP contribution >= 0.6 is 0 Å². The Hall–Kier alpha value is -3.65. The fourth-order valence-corrected chi connectivity index (χ4v) is 3.77. The van der Waals surface area contributed by atoms with Gasteiger partial charge in [0.05, 0.1) is 40.3 Å². The lowest BCUT2D eigenvalue weighted by Gasteiger charge is -2.27. The number of pyridine rings is 1. The Morgan fingerprint density at radius 1 is 1.29 bits per heavy atom. The number of Topliss-reactive ketones (excluding diaryl/α,β-unsaturated/α-hetero) is 1. The number of hydrogen-bond donors (Lipinski definition) is 1. The number of benzene rings is 1. The van der Waals surface area contributed by atoms with Crippen LogP contribution in [0.15, 0.2) is 64.5 Å². The van der Waals surface area contributed by atoms with Gasteiger partial charge in [-0.1, -0.05) is 18.2 Å². The monoisotopic (exact) mass is 421 g/mol. The standard InChI is InChI=1S/C23H23N3O5/c1-25(2)10-11-26-19(15-7-5-9-24-13-15)18(21(28)23(26)29)20(27)17-12-14-6-4-8-16(30-3)22(14)31-17/h4-9,12-13,19,28H,10-11H2,1-3H3. The van der Waals surface area contributed by atoms with Crippen molar-refractivity contribution in [1.82, 2.24) is 9.88 Å². The molecule has 0 bridgehead atoms. The van der Waals surface area contributed by atoms with E-state index in [1.807, 2.05) is 14.1 Å². The minimum atomic E-state index is -0.810. The SMILES string of the molecule is COc1cccc2cc(C(=O)C3=C([O-])C(=O)N(CC[NH+](C)C)C3c3cccnc3)oc12. The molecule has 3 aromatic rings. The summed E-state index contributed by atoms with van der Waals surface area (Å²) in [6.07, 6.45) is 3.17. The minimum Gasteiger partial charge on any atom is -0.868 e. The smallest absolute Gasteiger partial charge is 0.240 e. The van der Waals surface area contributed by atoms with Crippen LogP contribution in [0.2, 0.25) is 0 Å². The predicted octanol–water partition coefficient (Wildman–Crippen LogP) is 0.362. The number of rotatable bonds is 7. The molecule has 0 saturated carbocycles. The summed E-state index contributed by atoms with van der Waals surface area (Å²) in [4.78, 5) is 33.0. The number of ether oxygens (including phenoxy) is 1. The number of carbonyl (C=O) groups excluding carboxylic acids is 2. The Morgan fingerprint density at radius 2 is 2.10 bits per heavy atom. The van der Waals surface area contributed by atoms with E-state index in [1.165, 1.54) is 12.0 Å². The maximum atomic E-state index is 13.4. The second kappa shape index (κ2) is 8.23. The fraction of sp³-hybridized carbons (Fsp3) is 0.261. The first kappa shape index (κ1) is 20.6. The van der Waals surface area contributed by atoms with Gasteiger partial charge in [0.15, 0.2) is 17.1 Å². The Morgan fingerprint density at radius 3 is 2.77 bits per heavy atom. The highest BCUT2D eigenvalue weighted by atomic mass is 16.5. The van der Waals surface area contributed by atoms with Crippen LogP contribution in [0.5, 0.6) is 5.75 Å². The molecule has 160 valence electrons. The summed E-state index contributed by atoms with van der Waals surface area (Å²) >= 11 is 0. The maximum Gasteiger partial charge on any atom is 0.240 e. The number of para-hydroxylation sites is 1. The van der Waals surface area contributed by atoms with Crippen LogP contribution in [0.25, 0.3) is 11.0 Å². The summed E-state index contributed by atoms with van der Waals surface area (Å²) in [5.41, 5.74) is 0.897. The van der Waals surface area contributed by atoms with Crippen LogP contribution in [0.1, 0.15) is 22.2 Å². The molecule has 0 spiro atoms. The average molecular weight is 421 g/mol. The third-order valence-corrected chi connectivity index (χ3v) is 5.33. The van der Waals surface area contributed by atoms with E-state index in [-0.39, 0.29) is 11.3 Å². The fourth-order valence-electron chi connectivity index (χ4n) is 3.77. The van der Waals surface area contributed by atoms with E-state index >= 15 is 0 Å². The van der Waals surface area contributed by atoms with Crippen molar-refractivity contribution in [3.05, 3.63) is 71.4 Å². The zero-order valence-corrected chi connectivity index (χ0v) is 17.5. The van der Waals surface area contributed by atoms with Gasteiger partial charge in [0, 0.05) is 23.4 Å². The van der Waals surface area contributed by atoms with Crippen molar-refractivity contribution >= 4 is 22.7 Å². The molecule has 0 radical (unpaired) electrons. The summed E-state index contributed by atoms with van der Waals surface area (Å²) < 4.78 is 11.1. The lowest BCUT2D eigenvalue weighted by atomic mass is 9.96. The van der Waals surface area contributed by atoms with Gasteiger partial charge in [-0.25, -0.2) is 0 Å². The minimum absolute atomic E-state index is 0.00961. The molecule has 31 heavy (non-hydrogen) atoms. The van der Waals surface area contributed by atoms with E-state index < -0.39 is 23.5 Å². The molecular formula is C23H23N3O5. The summed E-state index contributed by atoms with van der Waals surface area (Å²) in [5.74, 6) is -1.63. The third kappa shape index (κ3) is 3.66. The highest BCUT2D eigenvalue weighted by molar-refractivity contribution is 6.15. The van der Waals surface area contributed by atoms with Gasteiger partial charge in [0.2, 0.25) is 11.7 Å². The average Bonchev–Trinajstić information content (AvgIpc) is 3.32. The number of quaternary nitrogens is 1. The number of nitrogens with one attached hydrogen (secondary N) is 1. The van der Waals surface area contributed by atoms with E-state index in [2.05, 4.69) is 4.98 Å². The van der Waals surface area contributed by atoms with E-state index in [9.17, 15) is 14.7 Å². The van der Waals surface area contributed by atoms with Gasteiger partial charge in [0.1, 0.15) is 0 Å². The van der Waals surface area contributed by atoms with Crippen molar-refractivity contribution in [3.8, 4) is 5.75 Å². The van der Waals surface area contributed by atoms with Crippen LogP contribution < -0.4 is 14.7 Å². The van der Waals surface area contributed by atoms with E-state index in [1.54, 1.807) is 48.8 Å². The van der Waals surface area contributed by atoms with Crippen LogP contribution in [0, 0.1) is 0 Å². The Bertz CT molecular complexity index is 1170. The molecule has 1 N–H and O–H groups in total. The van der Waals surface area contributed by atoms with Crippen LogP contribution in [-0.4, -0.2) is 55.9 Å². The number of ketones is 1. The summed E-state index contributed by atoms with van der Waals surface area (Å²) in [6, 6.07) is 9.52. The Labute approximate surface area is 179 Å². The Kier molecular flexibility index (Phi) is 5.48. The number of carbonyl (C=O) groups is 2. The molecule has 0 fully saturated rings. The quantitative estimate of drug-likeness (QED) is 0.553. The topological polar surface area (TPSA) is 100 Å². The molecule has 1 aliphatic heterocycles. The summed E-state index contributed by atoms with van der Waals surface area (Å²) in [6.45, 7) is 0.955. The second-order valence-corrected chi connectivity index (χ2v) is 7.71. The van der Waals surface area contributed by atoms with Crippen LogP contribution in [0.4, 0.5) is 0 Å². The van der Waals surface area contributed by atoms with Gasteiger partial charge in [-0.3, -0.25) is 14.6 Å². The zero-order chi connectivity index (χ0) is 22.1. The number of aromatic nitrogens is 1. The number of fused-ring (bicyclic) bond motifs is 1. The Balaban J connectivity index is 1.79.